The molecular weight excluding hydrogens is 634 g/mol. The fourth-order valence-electron chi connectivity index (χ4n) is 6.60. The van der Waals surface area contributed by atoms with Gasteiger partial charge in [0.05, 0.1) is 25.2 Å². The highest BCUT2D eigenvalue weighted by molar-refractivity contribution is 5.77. The zero-order valence-electron chi connectivity index (χ0n) is 34.0. The van der Waals surface area contributed by atoms with E-state index < -0.39 is 18.2 Å². The van der Waals surface area contributed by atoms with E-state index in [1.807, 2.05) is 0 Å². The van der Waals surface area contributed by atoms with Gasteiger partial charge in [0.2, 0.25) is 5.91 Å². The van der Waals surface area contributed by atoms with Crippen LogP contribution in [0.15, 0.2) is 24.3 Å². The molecule has 3 N–H and O–H groups in total. The van der Waals surface area contributed by atoms with Gasteiger partial charge in [0.25, 0.3) is 0 Å². The van der Waals surface area contributed by atoms with Crippen LogP contribution < -0.4 is 5.32 Å². The average molecular weight is 720 g/mol. The van der Waals surface area contributed by atoms with Gasteiger partial charge in [-0.25, -0.2) is 0 Å². The molecular formula is C45H85NO5. The maximum atomic E-state index is 13.1. The van der Waals surface area contributed by atoms with Gasteiger partial charge in [-0.3, -0.25) is 9.59 Å². The molecule has 0 aromatic carbocycles. The average Bonchev–Trinajstić information content (AvgIpc) is 3.12. The van der Waals surface area contributed by atoms with E-state index in [1.165, 1.54) is 96.3 Å². The molecule has 0 aliphatic rings. The monoisotopic (exact) mass is 720 g/mol. The fourth-order valence-corrected chi connectivity index (χ4v) is 6.60. The number of ether oxygens (including phenoxy) is 1. The smallest absolute Gasteiger partial charge is 0.306 e. The van der Waals surface area contributed by atoms with Crippen molar-refractivity contribution in [1.29, 1.82) is 0 Å². The molecule has 6 nitrogen and oxygen atoms in total. The van der Waals surface area contributed by atoms with E-state index >= 15 is 0 Å². The minimum Gasteiger partial charge on any atom is -0.462 e. The summed E-state index contributed by atoms with van der Waals surface area (Å²) in [7, 11) is 0. The van der Waals surface area contributed by atoms with Crippen LogP contribution in [-0.2, 0) is 14.3 Å². The van der Waals surface area contributed by atoms with E-state index in [1.54, 1.807) is 0 Å². The van der Waals surface area contributed by atoms with Crippen molar-refractivity contribution in [3.63, 3.8) is 0 Å². The number of esters is 1. The standard InChI is InChI=1S/C45H85NO5/c1-4-7-10-13-16-19-21-23-25-28-31-34-37-43(48)42(40-47)46-44(49)39-41(36-33-30-27-18-15-12-9-6-3)51-45(50)38-35-32-29-26-24-22-20-17-14-11-8-5-2/h12,15,17,20,41-43,47-48H,4-11,13-14,16,18-19,21-40H2,1-3H3,(H,46,49)/b15-12-,20-17-. The molecule has 3 unspecified atom stereocenters. The SMILES string of the molecule is CCC/C=C\CCCCCC(CC(=O)NC(CO)C(O)CCCCCCCCCCCCCC)OC(=O)CCCCCCC/C=C\CCCCC. The summed E-state index contributed by atoms with van der Waals surface area (Å²) in [6.45, 7) is 6.37. The minimum absolute atomic E-state index is 0.0654. The number of hydrogen-bond acceptors (Lipinski definition) is 5. The molecule has 0 saturated carbocycles. The summed E-state index contributed by atoms with van der Waals surface area (Å²) in [4.78, 5) is 25.8. The number of carbonyl (C=O) groups is 2. The Morgan fingerprint density at radius 2 is 0.980 bits per heavy atom. The molecule has 0 bridgehead atoms. The van der Waals surface area contributed by atoms with Crippen LogP contribution in [0.3, 0.4) is 0 Å². The van der Waals surface area contributed by atoms with Gasteiger partial charge in [0, 0.05) is 6.42 Å². The molecule has 0 radical (unpaired) electrons. The lowest BCUT2D eigenvalue weighted by Gasteiger charge is -2.24. The number of amides is 1. The lowest BCUT2D eigenvalue weighted by atomic mass is 10.0. The number of rotatable bonds is 39. The zero-order valence-corrected chi connectivity index (χ0v) is 34.0. The van der Waals surface area contributed by atoms with Crippen molar-refractivity contribution in [3.8, 4) is 0 Å². The molecule has 1 amide bonds. The maximum Gasteiger partial charge on any atom is 0.306 e. The zero-order chi connectivity index (χ0) is 37.5. The molecule has 6 heteroatoms. The van der Waals surface area contributed by atoms with E-state index in [0.29, 0.717) is 19.3 Å². The molecule has 0 aliphatic heterocycles. The number of aliphatic hydroxyl groups is 2. The van der Waals surface area contributed by atoms with E-state index in [-0.39, 0.29) is 24.9 Å². The topological polar surface area (TPSA) is 95.9 Å². The summed E-state index contributed by atoms with van der Waals surface area (Å²) in [6.07, 6.45) is 42.4. The van der Waals surface area contributed by atoms with E-state index in [0.717, 1.165) is 83.5 Å². The second-order valence-electron chi connectivity index (χ2n) is 15.1. The number of hydrogen-bond donors (Lipinski definition) is 3. The summed E-state index contributed by atoms with van der Waals surface area (Å²) < 4.78 is 5.86. The van der Waals surface area contributed by atoms with E-state index in [9.17, 15) is 19.8 Å². The third-order valence-corrected chi connectivity index (χ3v) is 9.98. The molecule has 0 aromatic rings. The normalized spacial score (nSPS) is 13.6. The van der Waals surface area contributed by atoms with Gasteiger partial charge in [0.15, 0.2) is 0 Å². The van der Waals surface area contributed by atoms with Crippen LogP contribution in [0.5, 0.6) is 0 Å². The predicted molar refractivity (Wildman–Crippen MR) is 218 cm³/mol. The Bertz CT molecular complexity index is 812. The molecule has 0 saturated heterocycles. The summed E-state index contributed by atoms with van der Waals surface area (Å²) >= 11 is 0. The van der Waals surface area contributed by atoms with Gasteiger partial charge in [0.1, 0.15) is 6.10 Å². The van der Waals surface area contributed by atoms with Gasteiger partial charge in [-0.1, -0.05) is 167 Å². The first-order valence-electron chi connectivity index (χ1n) is 22.1. The first-order valence-corrected chi connectivity index (χ1v) is 22.1. The molecule has 0 aromatic heterocycles. The summed E-state index contributed by atoms with van der Waals surface area (Å²) in [5.74, 6) is -0.501. The van der Waals surface area contributed by atoms with Crippen molar-refractivity contribution in [2.45, 2.75) is 244 Å². The highest BCUT2D eigenvalue weighted by atomic mass is 16.5. The Labute approximate surface area is 316 Å². The van der Waals surface area contributed by atoms with E-state index in [4.69, 9.17) is 4.74 Å². The number of nitrogens with one attached hydrogen (secondary N) is 1. The van der Waals surface area contributed by atoms with Crippen LogP contribution in [0.2, 0.25) is 0 Å². The summed E-state index contributed by atoms with van der Waals surface area (Å²) in [5.41, 5.74) is 0. The Morgan fingerprint density at radius 1 is 0.549 bits per heavy atom. The Kier molecular flexibility index (Phi) is 38.3. The second-order valence-corrected chi connectivity index (χ2v) is 15.1. The molecule has 0 aliphatic carbocycles. The number of unbranched alkanes of at least 4 members (excludes halogenated alkanes) is 23. The van der Waals surface area contributed by atoms with Gasteiger partial charge in [-0.05, 0) is 70.6 Å². The Morgan fingerprint density at radius 3 is 1.53 bits per heavy atom. The third-order valence-electron chi connectivity index (χ3n) is 9.98. The van der Waals surface area contributed by atoms with Gasteiger partial charge >= 0.3 is 5.97 Å². The summed E-state index contributed by atoms with van der Waals surface area (Å²) in [5, 5.41) is 23.6. The molecule has 300 valence electrons. The van der Waals surface area contributed by atoms with Crippen LogP contribution in [0.4, 0.5) is 0 Å². The molecule has 0 fully saturated rings. The maximum absolute atomic E-state index is 13.1. The Balaban J connectivity index is 4.51. The first kappa shape index (κ1) is 49.3. The van der Waals surface area contributed by atoms with Crippen molar-refractivity contribution in [2.75, 3.05) is 6.61 Å². The van der Waals surface area contributed by atoms with Gasteiger partial charge < -0.3 is 20.3 Å². The number of carbonyl (C=O) groups excluding carboxylic acids is 2. The van der Waals surface area contributed by atoms with Crippen molar-refractivity contribution in [3.05, 3.63) is 24.3 Å². The van der Waals surface area contributed by atoms with Crippen molar-refractivity contribution < 1.29 is 24.5 Å². The lowest BCUT2D eigenvalue weighted by Crippen LogP contribution is -2.46. The molecule has 0 heterocycles. The molecule has 3 atom stereocenters. The molecule has 51 heavy (non-hydrogen) atoms. The predicted octanol–water partition coefficient (Wildman–Crippen LogP) is 12.4. The highest BCUT2D eigenvalue weighted by Crippen LogP contribution is 2.17. The molecule has 0 rings (SSSR count). The van der Waals surface area contributed by atoms with Crippen molar-refractivity contribution in [1.82, 2.24) is 5.32 Å². The second kappa shape index (κ2) is 39.5. The van der Waals surface area contributed by atoms with E-state index in [2.05, 4.69) is 50.4 Å². The van der Waals surface area contributed by atoms with Gasteiger partial charge in [-0.2, -0.15) is 0 Å². The largest absolute Gasteiger partial charge is 0.462 e. The first-order chi connectivity index (χ1) is 25.0. The van der Waals surface area contributed by atoms with Crippen molar-refractivity contribution in [2.24, 2.45) is 0 Å². The third kappa shape index (κ3) is 35.2. The van der Waals surface area contributed by atoms with Crippen LogP contribution in [-0.4, -0.2) is 46.9 Å². The van der Waals surface area contributed by atoms with Crippen LogP contribution in [0, 0.1) is 0 Å². The number of aliphatic hydroxyl groups excluding tert-OH is 2. The summed E-state index contributed by atoms with van der Waals surface area (Å²) in [6, 6.07) is -0.701. The number of allylic oxidation sites excluding steroid dienone is 4. The minimum atomic E-state index is -0.786. The lowest BCUT2D eigenvalue weighted by molar-refractivity contribution is -0.151. The van der Waals surface area contributed by atoms with Crippen LogP contribution in [0.1, 0.15) is 226 Å². The Hall–Kier alpha value is -1.66. The van der Waals surface area contributed by atoms with Crippen LogP contribution >= 0.6 is 0 Å². The quantitative estimate of drug-likeness (QED) is 0.0334. The van der Waals surface area contributed by atoms with Crippen molar-refractivity contribution >= 4 is 11.9 Å². The fraction of sp³-hybridized carbons (Fsp3) is 0.867. The van der Waals surface area contributed by atoms with Gasteiger partial charge in [-0.15, -0.1) is 0 Å². The van der Waals surface area contributed by atoms with Crippen LogP contribution in [0.25, 0.3) is 0 Å². The molecule has 0 spiro atoms. The highest BCUT2D eigenvalue weighted by Gasteiger charge is 2.24.